The Kier molecular flexibility index (Phi) is 9.34. The molecule has 8 nitrogen and oxygen atoms in total. The van der Waals surface area contributed by atoms with Gasteiger partial charge in [0.05, 0.1) is 11.9 Å². The van der Waals surface area contributed by atoms with Crippen molar-refractivity contribution in [2.75, 3.05) is 17.1 Å². The van der Waals surface area contributed by atoms with Gasteiger partial charge in [0.1, 0.15) is 29.9 Å². The molecule has 3 aromatic rings. The number of hydrogen-bond donors (Lipinski definition) is 1. The molecule has 39 heavy (non-hydrogen) atoms. The van der Waals surface area contributed by atoms with E-state index in [1.165, 1.54) is 42.2 Å². The Hall–Kier alpha value is -3.92. The Labute approximate surface area is 229 Å². The van der Waals surface area contributed by atoms with E-state index in [0.29, 0.717) is 11.5 Å². The molecule has 1 N–H and O–H groups in total. The maximum absolute atomic E-state index is 14.5. The molecule has 0 fully saturated rings. The summed E-state index contributed by atoms with van der Waals surface area (Å²) < 4.78 is 46.7. The van der Waals surface area contributed by atoms with E-state index in [2.05, 4.69) is 5.32 Å². The second-order valence-electron chi connectivity index (χ2n) is 10.2. The van der Waals surface area contributed by atoms with Crippen LogP contribution in [0.2, 0.25) is 0 Å². The molecule has 0 aliphatic rings. The van der Waals surface area contributed by atoms with Crippen molar-refractivity contribution in [1.29, 1.82) is 0 Å². The van der Waals surface area contributed by atoms with Crippen molar-refractivity contribution in [3.8, 4) is 11.5 Å². The third-order valence-corrected chi connectivity index (χ3v) is 6.89. The SMILES string of the molecule is C[C@H](C(=O)NC(C)(C)C)N(Cc1ccccc1F)C(=O)CN(c1ccc(Oc2ccccc2)cc1)S(C)(=O)=O. The van der Waals surface area contributed by atoms with Crippen LogP contribution < -0.4 is 14.4 Å². The van der Waals surface area contributed by atoms with Gasteiger partial charge in [-0.3, -0.25) is 13.9 Å². The maximum Gasteiger partial charge on any atom is 0.244 e. The molecule has 0 saturated heterocycles. The first-order chi connectivity index (χ1) is 18.2. The van der Waals surface area contributed by atoms with Crippen molar-refractivity contribution in [1.82, 2.24) is 10.2 Å². The van der Waals surface area contributed by atoms with Gasteiger partial charge in [-0.15, -0.1) is 0 Å². The largest absolute Gasteiger partial charge is 0.457 e. The molecule has 0 aromatic heterocycles. The topological polar surface area (TPSA) is 96.0 Å². The number of benzene rings is 3. The lowest BCUT2D eigenvalue weighted by atomic mass is 10.1. The number of carbonyl (C=O) groups is 2. The number of rotatable bonds is 10. The van der Waals surface area contributed by atoms with Gasteiger partial charge in [-0.05, 0) is 70.2 Å². The van der Waals surface area contributed by atoms with Gasteiger partial charge in [0, 0.05) is 17.6 Å². The molecule has 208 valence electrons. The predicted octanol–water partition coefficient (Wildman–Crippen LogP) is 4.72. The number of amides is 2. The van der Waals surface area contributed by atoms with E-state index in [9.17, 15) is 22.4 Å². The number of carbonyl (C=O) groups excluding carboxylic acids is 2. The Morgan fingerprint density at radius 2 is 1.49 bits per heavy atom. The van der Waals surface area contributed by atoms with Crippen molar-refractivity contribution in [2.24, 2.45) is 0 Å². The first-order valence-electron chi connectivity index (χ1n) is 12.4. The van der Waals surface area contributed by atoms with E-state index < -0.39 is 45.8 Å². The summed E-state index contributed by atoms with van der Waals surface area (Å²) in [5, 5.41) is 2.82. The van der Waals surface area contributed by atoms with Gasteiger partial charge in [0.15, 0.2) is 0 Å². The number of anilines is 1. The number of halogens is 1. The average molecular weight is 556 g/mol. The van der Waals surface area contributed by atoms with E-state index in [-0.39, 0.29) is 17.8 Å². The van der Waals surface area contributed by atoms with E-state index in [1.54, 1.807) is 51.1 Å². The van der Waals surface area contributed by atoms with E-state index >= 15 is 0 Å². The van der Waals surface area contributed by atoms with Crippen LogP contribution in [0, 0.1) is 5.82 Å². The monoisotopic (exact) mass is 555 g/mol. The normalized spacial score (nSPS) is 12.4. The fourth-order valence-corrected chi connectivity index (χ4v) is 4.64. The van der Waals surface area contributed by atoms with E-state index in [0.717, 1.165) is 10.6 Å². The van der Waals surface area contributed by atoms with Gasteiger partial charge in [0.2, 0.25) is 21.8 Å². The summed E-state index contributed by atoms with van der Waals surface area (Å²) in [5.74, 6) is -0.539. The number of sulfonamides is 1. The number of hydrogen-bond acceptors (Lipinski definition) is 5. The molecule has 2 amide bonds. The highest BCUT2D eigenvalue weighted by atomic mass is 32.2. The quantitative estimate of drug-likeness (QED) is 0.391. The van der Waals surface area contributed by atoms with E-state index in [4.69, 9.17) is 4.74 Å². The molecule has 0 saturated carbocycles. The lowest BCUT2D eigenvalue weighted by Gasteiger charge is -2.33. The molecule has 3 rings (SSSR count). The minimum absolute atomic E-state index is 0.203. The molecule has 0 heterocycles. The Morgan fingerprint density at radius 3 is 2.05 bits per heavy atom. The molecular weight excluding hydrogens is 521 g/mol. The number of ether oxygens (including phenoxy) is 1. The summed E-state index contributed by atoms with van der Waals surface area (Å²) in [4.78, 5) is 27.8. The second kappa shape index (κ2) is 12.3. The maximum atomic E-state index is 14.5. The Morgan fingerprint density at radius 1 is 0.923 bits per heavy atom. The molecule has 0 spiro atoms. The molecule has 0 aliphatic carbocycles. The molecule has 10 heteroatoms. The van der Waals surface area contributed by atoms with Crippen LogP contribution in [0.4, 0.5) is 10.1 Å². The minimum Gasteiger partial charge on any atom is -0.457 e. The third-order valence-electron chi connectivity index (χ3n) is 5.75. The Bertz CT molecular complexity index is 1390. The fourth-order valence-electron chi connectivity index (χ4n) is 3.79. The fraction of sp³-hybridized carbons (Fsp3) is 0.310. The van der Waals surface area contributed by atoms with Crippen LogP contribution >= 0.6 is 0 Å². The summed E-state index contributed by atoms with van der Waals surface area (Å²) in [7, 11) is -3.90. The van der Waals surface area contributed by atoms with Crippen molar-refractivity contribution in [2.45, 2.75) is 45.8 Å². The zero-order valence-corrected chi connectivity index (χ0v) is 23.5. The number of para-hydroxylation sites is 1. The van der Waals surface area contributed by atoms with Gasteiger partial charge in [0.25, 0.3) is 0 Å². The first-order valence-corrected chi connectivity index (χ1v) is 14.2. The van der Waals surface area contributed by atoms with Crippen molar-refractivity contribution < 1.29 is 27.1 Å². The van der Waals surface area contributed by atoms with Gasteiger partial charge in [-0.2, -0.15) is 0 Å². The zero-order chi connectivity index (χ0) is 28.8. The summed E-state index contributed by atoms with van der Waals surface area (Å²) >= 11 is 0. The van der Waals surface area contributed by atoms with Gasteiger partial charge in [-0.25, -0.2) is 12.8 Å². The van der Waals surface area contributed by atoms with Crippen molar-refractivity contribution in [3.05, 3.63) is 90.2 Å². The van der Waals surface area contributed by atoms with Crippen LogP contribution in [0.15, 0.2) is 78.9 Å². The van der Waals surface area contributed by atoms with Gasteiger partial charge >= 0.3 is 0 Å². The molecular formula is C29H34FN3O5S. The molecule has 0 aliphatic heterocycles. The average Bonchev–Trinajstić information content (AvgIpc) is 2.86. The lowest BCUT2D eigenvalue weighted by Crippen LogP contribution is -2.54. The second-order valence-corrected chi connectivity index (χ2v) is 12.1. The predicted molar refractivity (Wildman–Crippen MR) is 149 cm³/mol. The van der Waals surface area contributed by atoms with Crippen LogP contribution in [-0.2, 0) is 26.2 Å². The standard InChI is InChI=1S/C29H34FN3O5S/c1-21(28(35)31-29(2,3)4)32(19-22-11-9-10-14-26(22)30)27(34)20-33(39(5,36)37)23-15-17-25(18-16-23)38-24-12-7-6-8-13-24/h6-18,21H,19-20H2,1-5H3,(H,31,35)/t21-/m1/s1. The highest BCUT2D eigenvalue weighted by molar-refractivity contribution is 7.92. The number of nitrogens with one attached hydrogen (secondary N) is 1. The molecule has 0 radical (unpaired) electrons. The van der Waals surface area contributed by atoms with E-state index in [1.807, 2.05) is 18.2 Å². The summed E-state index contributed by atoms with van der Waals surface area (Å²) in [5.41, 5.74) is -0.126. The minimum atomic E-state index is -3.90. The Balaban J connectivity index is 1.88. The summed E-state index contributed by atoms with van der Waals surface area (Å²) in [6.45, 7) is 6.14. The van der Waals surface area contributed by atoms with Crippen LogP contribution in [-0.4, -0.2) is 49.5 Å². The molecule has 1 atom stereocenters. The third kappa shape index (κ3) is 8.54. The smallest absolute Gasteiger partial charge is 0.244 e. The summed E-state index contributed by atoms with van der Waals surface area (Å²) in [6, 6.07) is 20.3. The van der Waals surface area contributed by atoms with Crippen molar-refractivity contribution in [3.63, 3.8) is 0 Å². The van der Waals surface area contributed by atoms with Crippen LogP contribution in [0.5, 0.6) is 11.5 Å². The molecule has 3 aromatic carbocycles. The molecule has 0 bridgehead atoms. The zero-order valence-electron chi connectivity index (χ0n) is 22.7. The first kappa shape index (κ1) is 29.6. The summed E-state index contributed by atoms with van der Waals surface area (Å²) in [6.07, 6.45) is 0.992. The van der Waals surface area contributed by atoms with Gasteiger partial charge < -0.3 is 15.0 Å². The van der Waals surface area contributed by atoms with Crippen LogP contribution in [0.25, 0.3) is 0 Å². The number of nitrogens with zero attached hydrogens (tertiary/aromatic N) is 2. The van der Waals surface area contributed by atoms with Crippen molar-refractivity contribution >= 4 is 27.5 Å². The highest BCUT2D eigenvalue weighted by Crippen LogP contribution is 2.26. The highest BCUT2D eigenvalue weighted by Gasteiger charge is 2.31. The lowest BCUT2D eigenvalue weighted by molar-refractivity contribution is -0.140. The van der Waals surface area contributed by atoms with Crippen LogP contribution in [0.1, 0.15) is 33.3 Å². The van der Waals surface area contributed by atoms with Gasteiger partial charge in [-0.1, -0.05) is 36.4 Å². The molecule has 0 unspecified atom stereocenters. The van der Waals surface area contributed by atoms with Crippen LogP contribution in [0.3, 0.4) is 0 Å².